The molecule has 1 aromatic rings. The van der Waals surface area contributed by atoms with Gasteiger partial charge >= 0.3 is 0 Å². The lowest BCUT2D eigenvalue weighted by atomic mass is 9.83. The van der Waals surface area contributed by atoms with Gasteiger partial charge in [-0.1, -0.05) is 13.0 Å². The van der Waals surface area contributed by atoms with Crippen molar-refractivity contribution in [1.82, 2.24) is 10.3 Å². The van der Waals surface area contributed by atoms with E-state index in [-0.39, 0.29) is 0 Å². The Morgan fingerprint density at radius 1 is 1.53 bits per heavy atom. The highest BCUT2D eigenvalue weighted by atomic mass is 16.1. The molecule has 3 rings (SSSR count). The fraction of sp³-hybridized carbons (Fsp3) is 0.357. The molecule has 0 saturated heterocycles. The number of rotatable bonds is 2. The Balaban J connectivity index is 2.21. The van der Waals surface area contributed by atoms with Gasteiger partial charge in [-0.25, -0.2) is 0 Å². The molecular weight excluding hydrogens is 212 g/mol. The third kappa shape index (κ3) is 1.46. The van der Waals surface area contributed by atoms with E-state index in [0.29, 0.717) is 5.92 Å². The first kappa shape index (κ1) is 10.4. The lowest BCUT2D eigenvalue weighted by Crippen LogP contribution is -2.10. The summed E-state index contributed by atoms with van der Waals surface area (Å²) in [5, 5.41) is 3.20. The number of nitrogens with one attached hydrogen (secondary N) is 2. The van der Waals surface area contributed by atoms with Gasteiger partial charge in [-0.05, 0) is 36.6 Å². The van der Waals surface area contributed by atoms with Gasteiger partial charge in [0.25, 0.3) is 0 Å². The van der Waals surface area contributed by atoms with Crippen LogP contribution >= 0.6 is 0 Å². The molecule has 2 aliphatic rings. The van der Waals surface area contributed by atoms with Crippen molar-refractivity contribution < 1.29 is 4.79 Å². The van der Waals surface area contributed by atoms with E-state index in [0.717, 1.165) is 36.9 Å². The van der Waals surface area contributed by atoms with Crippen LogP contribution in [0.1, 0.15) is 48.2 Å². The molecule has 0 radical (unpaired) electrons. The van der Waals surface area contributed by atoms with Crippen LogP contribution in [0.4, 0.5) is 0 Å². The van der Waals surface area contributed by atoms with Gasteiger partial charge in [0, 0.05) is 16.8 Å². The zero-order valence-corrected chi connectivity index (χ0v) is 9.92. The number of fused-ring (bicyclic) bond motifs is 3. The summed E-state index contributed by atoms with van der Waals surface area (Å²) in [4.78, 5) is 14.5. The molecule has 2 N–H and O–H groups in total. The summed E-state index contributed by atoms with van der Waals surface area (Å²) < 4.78 is 0. The van der Waals surface area contributed by atoms with Crippen LogP contribution < -0.4 is 5.32 Å². The van der Waals surface area contributed by atoms with E-state index in [9.17, 15) is 4.79 Å². The number of aromatic amines is 1. The molecule has 1 atom stereocenters. The lowest BCUT2D eigenvalue weighted by molar-refractivity contribution is -0.103. The van der Waals surface area contributed by atoms with E-state index in [1.165, 1.54) is 16.8 Å². The second kappa shape index (κ2) is 3.91. The second-order valence-electron chi connectivity index (χ2n) is 4.64. The Bertz CT molecular complexity index is 523. The van der Waals surface area contributed by atoms with Crippen LogP contribution in [0.2, 0.25) is 0 Å². The smallest absolute Gasteiger partial charge is 0.151 e. The van der Waals surface area contributed by atoms with Gasteiger partial charge in [0.05, 0.1) is 12.2 Å². The van der Waals surface area contributed by atoms with E-state index in [4.69, 9.17) is 0 Å². The fourth-order valence-electron chi connectivity index (χ4n) is 2.83. The second-order valence-corrected chi connectivity index (χ2v) is 4.64. The summed E-state index contributed by atoms with van der Waals surface area (Å²) in [5.74, 6) is 0.538. The standard InChI is InChI=1S/C14H16N2O/c1-2-9-3-4-10(8-17)14-13(9)11-5-6-15-7-12(11)16-14/h4-6,8-9,15-16H,2-3,7H2,1H3. The summed E-state index contributed by atoms with van der Waals surface area (Å²) in [6, 6.07) is 0. The number of carbonyl (C=O) groups is 1. The molecule has 1 unspecified atom stereocenters. The first-order chi connectivity index (χ1) is 8.35. The van der Waals surface area contributed by atoms with Gasteiger partial charge in [-0.2, -0.15) is 0 Å². The molecule has 17 heavy (non-hydrogen) atoms. The van der Waals surface area contributed by atoms with E-state index in [1.807, 2.05) is 6.20 Å². The molecule has 0 saturated carbocycles. The summed E-state index contributed by atoms with van der Waals surface area (Å²) >= 11 is 0. The third-order valence-electron chi connectivity index (χ3n) is 3.75. The molecule has 0 bridgehead atoms. The predicted molar refractivity (Wildman–Crippen MR) is 68.4 cm³/mol. The van der Waals surface area contributed by atoms with Gasteiger partial charge in [0.15, 0.2) is 6.29 Å². The quantitative estimate of drug-likeness (QED) is 0.764. The van der Waals surface area contributed by atoms with Crippen molar-refractivity contribution in [2.75, 3.05) is 0 Å². The number of carbonyl (C=O) groups excluding carboxylic acids is 1. The largest absolute Gasteiger partial charge is 0.385 e. The number of aromatic nitrogens is 1. The molecule has 2 heterocycles. The SMILES string of the molecule is CCC1CC=C(C=O)c2[nH]c3c(c21)C=CNC3. The van der Waals surface area contributed by atoms with Gasteiger partial charge in [-0.15, -0.1) is 0 Å². The van der Waals surface area contributed by atoms with Crippen LogP contribution in [0.25, 0.3) is 11.6 Å². The van der Waals surface area contributed by atoms with Crippen molar-refractivity contribution >= 4 is 17.9 Å². The Morgan fingerprint density at radius 2 is 2.41 bits per heavy atom. The zero-order valence-electron chi connectivity index (χ0n) is 9.92. The van der Waals surface area contributed by atoms with E-state index in [1.54, 1.807) is 0 Å². The fourth-order valence-corrected chi connectivity index (χ4v) is 2.83. The predicted octanol–water partition coefficient (Wildman–Crippen LogP) is 2.57. The van der Waals surface area contributed by atoms with Crippen molar-refractivity contribution in [2.45, 2.75) is 32.2 Å². The number of aldehydes is 1. The van der Waals surface area contributed by atoms with E-state index >= 15 is 0 Å². The maximum atomic E-state index is 11.1. The Hall–Kier alpha value is -1.77. The van der Waals surface area contributed by atoms with Crippen LogP contribution in [0.5, 0.6) is 0 Å². The molecule has 0 amide bonds. The maximum Gasteiger partial charge on any atom is 0.151 e. The molecule has 1 aliphatic carbocycles. The van der Waals surface area contributed by atoms with E-state index in [2.05, 4.69) is 29.4 Å². The van der Waals surface area contributed by atoms with Crippen LogP contribution in [0.15, 0.2) is 12.3 Å². The zero-order chi connectivity index (χ0) is 11.8. The summed E-state index contributed by atoms with van der Waals surface area (Å²) in [6.07, 6.45) is 9.21. The van der Waals surface area contributed by atoms with Crippen LogP contribution in [0.3, 0.4) is 0 Å². The molecular formula is C14H16N2O. The number of hydrogen-bond donors (Lipinski definition) is 2. The average Bonchev–Trinajstić information content (AvgIpc) is 2.77. The minimum Gasteiger partial charge on any atom is -0.385 e. The summed E-state index contributed by atoms with van der Waals surface area (Å²) in [5.41, 5.74) is 5.68. The Labute approximate surface area is 101 Å². The first-order valence-electron chi connectivity index (χ1n) is 6.15. The average molecular weight is 228 g/mol. The van der Waals surface area contributed by atoms with Crippen molar-refractivity contribution in [3.8, 4) is 0 Å². The Morgan fingerprint density at radius 3 is 3.18 bits per heavy atom. The number of allylic oxidation sites excluding steroid dienone is 2. The van der Waals surface area contributed by atoms with Gasteiger partial charge < -0.3 is 10.3 Å². The first-order valence-corrected chi connectivity index (χ1v) is 6.15. The van der Waals surface area contributed by atoms with E-state index < -0.39 is 0 Å². The highest BCUT2D eigenvalue weighted by Gasteiger charge is 2.27. The topological polar surface area (TPSA) is 44.9 Å². The lowest BCUT2D eigenvalue weighted by Gasteiger charge is -2.21. The molecule has 1 aliphatic heterocycles. The molecule has 0 fully saturated rings. The van der Waals surface area contributed by atoms with Gasteiger partial charge in [0.1, 0.15) is 0 Å². The molecule has 3 heteroatoms. The van der Waals surface area contributed by atoms with Gasteiger partial charge in [-0.3, -0.25) is 4.79 Å². The summed E-state index contributed by atoms with van der Waals surface area (Å²) in [7, 11) is 0. The maximum absolute atomic E-state index is 11.1. The molecule has 1 aromatic heterocycles. The van der Waals surface area contributed by atoms with Crippen molar-refractivity contribution in [2.24, 2.45) is 0 Å². The summed E-state index contributed by atoms with van der Waals surface area (Å²) in [6.45, 7) is 3.03. The minimum atomic E-state index is 0.538. The number of hydrogen-bond acceptors (Lipinski definition) is 2. The highest BCUT2D eigenvalue weighted by molar-refractivity contribution is 6.07. The van der Waals surface area contributed by atoms with Crippen molar-refractivity contribution in [3.05, 3.63) is 34.8 Å². The van der Waals surface area contributed by atoms with Crippen LogP contribution in [-0.4, -0.2) is 11.3 Å². The molecule has 88 valence electrons. The molecule has 0 aromatic carbocycles. The monoisotopic (exact) mass is 228 g/mol. The molecule has 0 spiro atoms. The van der Waals surface area contributed by atoms with Crippen LogP contribution in [0, 0.1) is 0 Å². The normalized spacial score (nSPS) is 21.2. The van der Waals surface area contributed by atoms with Crippen LogP contribution in [-0.2, 0) is 11.3 Å². The van der Waals surface area contributed by atoms with Crippen molar-refractivity contribution in [3.63, 3.8) is 0 Å². The highest BCUT2D eigenvalue weighted by Crippen LogP contribution is 2.40. The number of H-pyrrole nitrogens is 1. The molecule has 3 nitrogen and oxygen atoms in total. The minimum absolute atomic E-state index is 0.538. The third-order valence-corrected chi connectivity index (χ3v) is 3.75. The Kier molecular flexibility index (Phi) is 2.39. The van der Waals surface area contributed by atoms with Gasteiger partial charge in [0.2, 0.25) is 0 Å². The van der Waals surface area contributed by atoms with Crippen molar-refractivity contribution in [1.29, 1.82) is 0 Å².